The maximum Gasteiger partial charge on any atom is 0.353 e. The van der Waals surface area contributed by atoms with Crippen molar-refractivity contribution in [3.63, 3.8) is 0 Å². The summed E-state index contributed by atoms with van der Waals surface area (Å²) in [5, 5.41) is 0. The van der Waals surface area contributed by atoms with Crippen LogP contribution in [0.1, 0.15) is 20.3 Å². The summed E-state index contributed by atoms with van der Waals surface area (Å²) >= 11 is 0. The molecule has 1 rings (SSSR count). The van der Waals surface area contributed by atoms with Crippen LogP contribution >= 0.6 is 0 Å². The molecule has 6 nitrogen and oxygen atoms in total. The van der Waals surface area contributed by atoms with Gasteiger partial charge >= 0.3 is 11.9 Å². The van der Waals surface area contributed by atoms with Gasteiger partial charge in [0.05, 0.1) is 13.2 Å². The van der Waals surface area contributed by atoms with E-state index in [-0.39, 0.29) is 18.0 Å². The Balaban J connectivity index is 0.000000382. The topological polar surface area (TPSA) is 68.4 Å². The van der Waals surface area contributed by atoms with Crippen LogP contribution < -0.4 is 0 Å². The molecule has 1 aliphatic rings. The molecule has 0 amide bonds. The van der Waals surface area contributed by atoms with Crippen LogP contribution in [0.3, 0.4) is 0 Å². The molecule has 1 aliphatic heterocycles. The van der Waals surface area contributed by atoms with Crippen LogP contribution in [0.5, 0.6) is 0 Å². The molecule has 1 fully saturated rings. The molecule has 0 aliphatic carbocycles. The predicted octanol–water partition coefficient (Wildman–Crippen LogP) is 1.52. The van der Waals surface area contributed by atoms with Crippen molar-refractivity contribution in [2.24, 2.45) is 0 Å². The van der Waals surface area contributed by atoms with Gasteiger partial charge in [0, 0.05) is 19.7 Å². The van der Waals surface area contributed by atoms with Crippen molar-refractivity contribution < 1.29 is 23.8 Å². The lowest BCUT2D eigenvalue weighted by atomic mass is 10.4. The van der Waals surface area contributed by atoms with Crippen molar-refractivity contribution in [3.05, 3.63) is 24.4 Å². The Bertz CT molecular complexity index is 386. The third kappa shape index (κ3) is 9.67. The van der Waals surface area contributed by atoms with E-state index in [0.29, 0.717) is 31.1 Å². The zero-order valence-corrected chi connectivity index (χ0v) is 13.3. The molecule has 0 aromatic carbocycles. The van der Waals surface area contributed by atoms with Crippen molar-refractivity contribution in [3.8, 4) is 0 Å². The molecule has 1 atom stereocenters. The SMILES string of the molecule is C=C(C(=O)OCCC)N(C)C.C=C(C)C(=O)OCC1CO1. The quantitative estimate of drug-likeness (QED) is 0.403. The molecule has 21 heavy (non-hydrogen) atoms. The highest BCUT2D eigenvalue weighted by Gasteiger charge is 2.24. The van der Waals surface area contributed by atoms with Gasteiger partial charge in [-0.1, -0.05) is 20.1 Å². The first-order valence-electron chi connectivity index (χ1n) is 6.77. The van der Waals surface area contributed by atoms with Gasteiger partial charge in [0.25, 0.3) is 0 Å². The van der Waals surface area contributed by atoms with E-state index < -0.39 is 0 Å². The molecule has 0 spiro atoms. The number of carbonyl (C=O) groups is 2. The minimum atomic E-state index is -0.337. The molecule has 1 saturated heterocycles. The second-order valence-corrected chi connectivity index (χ2v) is 4.81. The van der Waals surface area contributed by atoms with E-state index in [1.54, 1.807) is 25.9 Å². The maximum absolute atomic E-state index is 11.0. The average molecular weight is 299 g/mol. The van der Waals surface area contributed by atoms with Crippen LogP contribution in [-0.4, -0.2) is 56.9 Å². The molecule has 0 N–H and O–H groups in total. The summed E-state index contributed by atoms with van der Waals surface area (Å²) in [6.07, 6.45) is 0.982. The Morgan fingerprint density at radius 2 is 1.81 bits per heavy atom. The average Bonchev–Trinajstić information content (AvgIpc) is 3.25. The van der Waals surface area contributed by atoms with Crippen molar-refractivity contribution in [1.82, 2.24) is 4.90 Å². The van der Waals surface area contributed by atoms with E-state index in [1.807, 2.05) is 6.92 Å². The van der Waals surface area contributed by atoms with E-state index >= 15 is 0 Å². The summed E-state index contributed by atoms with van der Waals surface area (Å²) in [5.74, 6) is -0.674. The number of epoxide rings is 1. The van der Waals surface area contributed by atoms with Crippen LogP contribution in [0.2, 0.25) is 0 Å². The minimum absolute atomic E-state index is 0.142. The van der Waals surface area contributed by atoms with E-state index in [1.165, 1.54) is 0 Å². The number of hydrogen-bond acceptors (Lipinski definition) is 6. The standard InChI is InChI=1S/C8H15NO2.C7H10O3/c1-5-6-11-8(10)7(2)9(3)4;1-5(2)7(8)10-4-6-3-9-6/h2,5-6H2,1,3-4H3;6H,1,3-4H2,2H3. The third-order valence-electron chi connectivity index (χ3n) is 2.36. The number of hydrogen-bond donors (Lipinski definition) is 0. The van der Waals surface area contributed by atoms with Gasteiger partial charge < -0.3 is 19.1 Å². The van der Waals surface area contributed by atoms with Gasteiger partial charge in [-0.15, -0.1) is 0 Å². The molecule has 0 aromatic rings. The summed E-state index contributed by atoms with van der Waals surface area (Å²) in [6, 6.07) is 0. The molecule has 1 unspecified atom stereocenters. The van der Waals surface area contributed by atoms with Crippen molar-refractivity contribution in [2.45, 2.75) is 26.4 Å². The molecule has 1 heterocycles. The number of esters is 2. The van der Waals surface area contributed by atoms with Gasteiger partial charge in [-0.05, 0) is 13.3 Å². The van der Waals surface area contributed by atoms with Gasteiger partial charge in [-0.2, -0.15) is 0 Å². The second-order valence-electron chi connectivity index (χ2n) is 4.81. The zero-order valence-electron chi connectivity index (χ0n) is 13.3. The fraction of sp³-hybridized carbons (Fsp3) is 0.600. The van der Waals surface area contributed by atoms with Gasteiger partial charge in [0.1, 0.15) is 18.4 Å². The Hall–Kier alpha value is -1.82. The summed E-state index contributed by atoms with van der Waals surface area (Å²) in [5.41, 5.74) is 0.819. The first-order chi connectivity index (χ1) is 9.79. The number of rotatable bonds is 7. The van der Waals surface area contributed by atoms with Crippen molar-refractivity contribution >= 4 is 11.9 Å². The fourth-order valence-corrected chi connectivity index (χ4v) is 0.917. The lowest BCUT2D eigenvalue weighted by Crippen LogP contribution is -2.20. The van der Waals surface area contributed by atoms with E-state index in [2.05, 4.69) is 13.2 Å². The Morgan fingerprint density at radius 3 is 2.19 bits per heavy atom. The van der Waals surface area contributed by atoms with Gasteiger partial charge in [-0.25, -0.2) is 9.59 Å². The highest BCUT2D eigenvalue weighted by atomic mass is 16.6. The number of nitrogens with zero attached hydrogens (tertiary/aromatic N) is 1. The Kier molecular flexibility index (Phi) is 9.12. The van der Waals surface area contributed by atoms with Gasteiger partial charge in [-0.3, -0.25) is 0 Å². The Labute approximate surface area is 126 Å². The zero-order chi connectivity index (χ0) is 16.4. The first kappa shape index (κ1) is 19.2. The largest absolute Gasteiger partial charge is 0.461 e. The molecule has 0 aromatic heterocycles. The molecule has 6 heteroatoms. The molecule has 0 saturated carbocycles. The molecular formula is C15H25NO5. The van der Waals surface area contributed by atoms with Crippen LogP contribution in [0.15, 0.2) is 24.4 Å². The van der Waals surface area contributed by atoms with Crippen LogP contribution in [0.4, 0.5) is 0 Å². The fourth-order valence-electron chi connectivity index (χ4n) is 0.917. The highest BCUT2D eigenvalue weighted by Crippen LogP contribution is 2.09. The van der Waals surface area contributed by atoms with Crippen LogP contribution in [-0.2, 0) is 23.8 Å². The van der Waals surface area contributed by atoms with Crippen LogP contribution in [0.25, 0.3) is 0 Å². The third-order valence-corrected chi connectivity index (χ3v) is 2.36. The number of likely N-dealkylation sites (N-methyl/N-ethyl adjacent to an activating group) is 1. The smallest absolute Gasteiger partial charge is 0.353 e. The first-order valence-corrected chi connectivity index (χ1v) is 6.77. The van der Waals surface area contributed by atoms with Crippen LogP contribution in [0, 0.1) is 0 Å². The molecular weight excluding hydrogens is 274 g/mol. The monoisotopic (exact) mass is 299 g/mol. The molecule has 120 valence electrons. The summed E-state index contributed by atoms with van der Waals surface area (Å²) in [4.78, 5) is 23.3. The highest BCUT2D eigenvalue weighted by molar-refractivity contribution is 5.87. The van der Waals surface area contributed by atoms with Gasteiger partial charge in [0.15, 0.2) is 0 Å². The summed E-state index contributed by atoms with van der Waals surface area (Å²) in [6.45, 7) is 12.1. The normalized spacial score (nSPS) is 15.1. The number of carbonyl (C=O) groups excluding carboxylic acids is 2. The molecule has 0 radical (unpaired) electrons. The minimum Gasteiger partial charge on any atom is -0.461 e. The van der Waals surface area contributed by atoms with Crippen molar-refractivity contribution in [1.29, 1.82) is 0 Å². The lowest BCUT2D eigenvalue weighted by molar-refractivity contribution is -0.141. The van der Waals surface area contributed by atoms with E-state index in [9.17, 15) is 9.59 Å². The van der Waals surface area contributed by atoms with Gasteiger partial charge in [0.2, 0.25) is 0 Å². The van der Waals surface area contributed by atoms with Crippen molar-refractivity contribution in [2.75, 3.05) is 33.9 Å². The summed E-state index contributed by atoms with van der Waals surface area (Å²) < 4.78 is 14.4. The van der Waals surface area contributed by atoms with E-state index in [4.69, 9.17) is 14.2 Å². The summed E-state index contributed by atoms with van der Waals surface area (Å²) in [7, 11) is 3.52. The van der Waals surface area contributed by atoms with E-state index in [0.717, 1.165) is 6.42 Å². The molecule has 0 bridgehead atoms. The maximum atomic E-state index is 11.0. The lowest BCUT2D eigenvalue weighted by Gasteiger charge is -2.13. The second kappa shape index (κ2) is 9.99. The number of ether oxygens (including phenoxy) is 3. The predicted molar refractivity (Wildman–Crippen MR) is 79.6 cm³/mol. The Morgan fingerprint density at radius 1 is 1.24 bits per heavy atom.